The molecule has 90 valence electrons. The molecule has 17 heavy (non-hydrogen) atoms. The Morgan fingerprint density at radius 2 is 2.12 bits per heavy atom. The molecule has 0 radical (unpaired) electrons. The number of aryl methyl sites for hydroxylation is 1. The summed E-state index contributed by atoms with van der Waals surface area (Å²) < 4.78 is 5.20. The van der Waals surface area contributed by atoms with E-state index in [0.29, 0.717) is 11.6 Å². The molecule has 0 saturated carbocycles. The fourth-order valence-electron chi connectivity index (χ4n) is 1.80. The van der Waals surface area contributed by atoms with Gasteiger partial charge in [0.25, 0.3) is 0 Å². The molecule has 0 fully saturated rings. The lowest BCUT2D eigenvalue weighted by Gasteiger charge is -2.13. The van der Waals surface area contributed by atoms with Crippen LogP contribution >= 0.6 is 0 Å². The lowest BCUT2D eigenvalue weighted by molar-refractivity contribution is 0.560. The summed E-state index contributed by atoms with van der Waals surface area (Å²) in [7, 11) is 0. The maximum atomic E-state index is 11.3. The van der Waals surface area contributed by atoms with E-state index in [-0.39, 0.29) is 5.63 Å². The van der Waals surface area contributed by atoms with Gasteiger partial charge in [0.05, 0.1) is 0 Å². The van der Waals surface area contributed by atoms with Gasteiger partial charge in [0.15, 0.2) is 0 Å². The van der Waals surface area contributed by atoms with Gasteiger partial charge in [-0.2, -0.15) is 0 Å². The summed E-state index contributed by atoms with van der Waals surface area (Å²) >= 11 is 0. The quantitative estimate of drug-likeness (QED) is 0.824. The van der Waals surface area contributed by atoms with Gasteiger partial charge in [-0.25, -0.2) is 4.79 Å². The van der Waals surface area contributed by atoms with E-state index in [9.17, 15) is 4.79 Å². The number of nitrogens with one attached hydrogen (secondary N) is 1. The lowest BCUT2D eigenvalue weighted by Crippen LogP contribution is -2.13. The van der Waals surface area contributed by atoms with Gasteiger partial charge in [0.2, 0.25) is 0 Å². The zero-order valence-corrected chi connectivity index (χ0v) is 10.4. The van der Waals surface area contributed by atoms with Crippen molar-refractivity contribution in [3.8, 4) is 0 Å². The molecule has 1 heterocycles. The number of fused-ring (bicyclic) bond motifs is 1. The number of rotatable bonds is 3. The largest absolute Gasteiger partial charge is 0.423 e. The summed E-state index contributed by atoms with van der Waals surface area (Å²) in [6.45, 7) is 6.17. The molecule has 0 aliphatic heterocycles. The third kappa shape index (κ3) is 2.49. The van der Waals surface area contributed by atoms with E-state index in [1.165, 1.54) is 6.07 Å². The van der Waals surface area contributed by atoms with Crippen molar-refractivity contribution in [2.24, 2.45) is 0 Å². The Labute approximate surface area is 100 Å². The van der Waals surface area contributed by atoms with Gasteiger partial charge >= 0.3 is 5.63 Å². The van der Waals surface area contributed by atoms with Crippen LogP contribution in [0.4, 0.5) is 5.69 Å². The molecular formula is C14H17NO2. The van der Waals surface area contributed by atoms with Crippen molar-refractivity contribution in [3.63, 3.8) is 0 Å². The van der Waals surface area contributed by atoms with Crippen molar-refractivity contribution in [1.29, 1.82) is 0 Å². The van der Waals surface area contributed by atoms with Gasteiger partial charge in [-0.1, -0.05) is 6.92 Å². The van der Waals surface area contributed by atoms with E-state index >= 15 is 0 Å². The SMILES string of the molecule is CCC(C)Nc1ccc2c(C)cc(=O)oc2c1. The van der Waals surface area contributed by atoms with Crippen molar-refractivity contribution in [2.45, 2.75) is 33.2 Å². The molecule has 1 aromatic heterocycles. The van der Waals surface area contributed by atoms with E-state index in [4.69, 9.17) is 4.42 Å². The smallest absolute Gasteiger partial charge is 0.336 e. The van der Waals surface area contributed by atoms with Gasteiger partial charge in [-0.15, -0.1) is 0 Å². The Morgan fingerprint density at radius 1 is 1.35 bits per heavy atom. The fraction of sp³-hybridized carbons (Fsp3) is 0.357. The summed E-state index contributed by atoms with van der Waals surface area (Å²) in [5.41, 5.74) is 2.28. The maximum Gasteiger partial charge on any atom is 0.336 e. The summed E-state index contributed by atoms with van der Waals surface area (Å²) in [5.74, 6) is 0. The standard InChI is InChI=1S/C14H17NO2/c1-4-10(3)15-11-5-6-12-9(2)7-14(16)17-13(12)8-11/h5-8,10,15H,4H2,1-3H3. The minimum absolute atomic E-state index is 0.296. The first-order valence-electron chi connectivity index (χ1n) is 5.91. The molecule has 1 N–H and O–H groups in total. The first kappa shape index (κ1) is 11.7. The first-order valence-corrected chi connectivity index (χ1v) is 5.91. The van der Waals surface area contributed by atoms with Crippen molar-refractivity contribution >= 4 is 16.7 Å². The summed E-state index contributed by atoms with van der Waals surface area (Å²) in [4.78, 5) is 11.3. The molecule has 0 aliphatic rings. The van der Waals surface area contributed by atoms with Gasteiger partial charge in [-0.05, 0) is 38.0 Å². The highest BCUT2D eigenvalue weighted by Crippen LogP contribution is 2.21. The average Bonchev–Trinajstić information content (AvgIpc) is 2.28. The van der Waals surface area contributed by atoms with Gasteiger partial charge in [-0.3, -0.25) is 0 Å². The van der Waals surface area contributed by atoms with Gasteiger partial charge in [0.1, 0.15) is 5.58 Å². The summed E-state index contributed by atoms with van der Waals surface area (Å²) in [6, 6.07) is 7.81. The monoisotopic (exact) mass is 231 g/mol. The van der Waals surface area contributed by atoms with E-state index in [1.807, 2.05) is 25.1 Å². The number of benzene rings is 1. The molecule has 0 saturated heterocycles. The van der Waals surface area contributed by atoms with Crippen molar-refractivity contribution in [2.75, 3.05) is 5.32 Å². The summed E-state index contributed by atoms with van der Waals surface area (Å²) in [5, 5.41) is 4.35. The predicted molar refractivity (Wildman–Crippen MR) is 70.6 cm³/mol. The minimum atomic E-state index is -0.296. The Kier molecular flexibility index (Phi) is 3.18. The van der Waals surface area contributed by atoms with Gasteiger partial charge in [0, 0.05) is 29.2 Å². The highest BCUT2D eigenvalue weighted by atomic mass is 16.4. The maximum absolute atomic E-state index is 11.3. The third-order valence-electron chi connectivity index (χ3n) is 2.98. The van der Waals surface area contributed by atoms with E-state index in [1.54, 1.807) is 0 Å². The van der Waals surface area contributed by atoms with Crippen LogP contribution in [0.5, 0.6) is 0 Å². The van der Waals surface area contributed by atoms with Crippen LogP contribution in [-0.2, 0) is 0 Å². The number of hydrogen-bond acceptors (Lipinski definition) is 3. The van der Waals surface area contributed by atoms with Crippen LogP contribution in [0.25, 0.3) is 11.0 Å². The zero-order valence-electron chi connectivity index (χ0n) is 10.4. The minimum Gasteiger partial charge on any atom is -0.423 e. The van der Waals surface area contributed by atoms with E-state index < -0.39 is 0 Å². The van der Waals surface area contributed by atoms with Gasteiger partial charge < -0.3 is 9.73 Å². The normalized spacial score (nSPS) is 12.6. The average molecular weight is 231 g/mol. The molecule has 1 atom stereocenters. The Balaban J connectivity index is 2.46. The Hall–Kier alpha value is -1.77. The molecule has 3 nitrogen and oxygen atoms in total. The molecule has 0 amide bonds. The van der Waals surface area contributed by atoms with E-state index in [0.717, 1.165) is 23.1 Å². The molecule has 1 unspecified atom stereocenters. The number of anilines is 1. The second-order valence-electron chi connectivity index (χ2n) is 4.41. The number of hydrogen-bond donors (Lipinski definition) is 1. The van der Waals surface area contributed by atoms with Crippen molar-refractivity contribution in [3.05, 3.63) is 40.2 Å². The molecule has 0 bridgehead atoms. The topological polar surface area (TPSA) is 42.2 Å². The van der Waals surface area contributed by atoms with Crippen LogP contribution in [0.2, 0.25) is 0 Å². The van der Waals surface area contributed by atoms with Crippen LogP contribution < -0.4 is 10.9 Å². The lowest BCUT2D eigenvalue weighted by atomic mass is 10.1. The third-order valence-corrected chi connectivity index (χ3v) is 2.98. The van der Waals surface area contributed by atoms with Crippen LogP contribution in [0.15, 0.2) is 33.5 Å². The van der Waals surface area contributed by atoms with Crippen LogP contribution in [-0.4, -0.2) is 6.04 Å². The molecule has 3 heteroatoms. The van der Waals surface area contributed by atoms with Crippen molar-refractivity contribution in [1.82, 2.24) is 0 Å². The van der Waals surface area contributed by atoms with E-state index in [2.05, 4.69) is 19.2 Å². The van der Waals surface area contributed by atoms with Crippen molar-refractivity contribution < 1.29 is 4.42 Å². The molecule has 2 rings (SSSR count). The molecule has 2 aromatic rings. The van der Waals surface area contributed by atoms with Crippen LogP contribution in [0.1, 0.15) is 25.8 Å². The highest BCUT2D eigenvalue weighted by Gasteiger charge is 2.04. The van der Waals surface area contributed by atoms with Crippen LogP contribution in [0, 0.1) is 6.92 Å². The summed E-state index contributed by atoms with van der Waals surface area (Å²) in [6.07, 6.45) is 1.05. The highest BCUT2D eigenvalue weighted by molar-refractivity contribution is 5.83. The zero-order chi connectivity index (χ0) is 12.4. The molecule has 1 aromatic carbocycles. The van der Waals surface area contributed by atoms with Crippen LogP contribution in [0.3, 0.4) is 0 Å². The molecule has 0 spiro atoms. The molecule has 0 aliphatic carbocycles. The second-order valence-corrected chi connectivity index (χ2v) is 4.41. The first-order chi connectivity index (χ1) is 8.10. The Morgan fingerprint density at radius 3 is 2.82 bits per heavy atom. The molecular weight excluding hydrogens is 214 g/mol. The fourth-order valence-corrected chi connectivity index (χ4v) is 1.80. The predicted octanol–water partition coefficient (Wildman–Crippen LogP) is 3.31. The Bertz CT molecular complexity index is 586. The second kappa shape index (κ2) is 4.62.